The lowest BCUT2D eigenvalue weighted by Gasteiger charge is -2.26. The van der Waals surface area contributed by atoms with Gasteiger partial charge in [0.15, 0.2) is 5.76 Å². The minimum atomic E-state index is -0.278. The summed E-state index contributed by atoms with van der Waals surface area (Å²) >= 11 is 6.20. The minimum absolute atomic E-state index is 0.0434. The topological polar surface area (TPSA) is 54.7 Å². The Bertz CT molecular complexity index is 952. The van der Waals surface area contributed by atoms with Crippen LogP contribution in [0.15, 0.2) is 65.1 Å². The molecule has 0 spiro atoms. The van der Waals surface area contributed by atoms with Gasteiger partial charge in [0.1, 0.15) is 11.5 Å². The van der Waals surface area contributed by atoms with Crippen LogP contribution in [0.2, 0.25) is 5.02 Å². The number of ether oxygens (including phenoxy) is 1. The number of hydrogen-bond donors (Lipinski definition) is 1. The van der Waals surface area contributed by atoms with Crippen LogP contribution in [0.5, 0.6) is 5.75 Å². The number of methoxy groups -OCH3 is 1. The number of hydrogen-bond acceptors (Lipinski definition) is 4. The highest BCUT2D eigenvalue weighted by Gasteiger charge is 2.20. The lowest BCUT2D eigenvalue weighted by atomic mass is 10.0. The number of para-hydroxylation sites is 1. The third kappa shape index (κ3) is 4.38. The second-order valence-corrected chi connectivity index (χ2v) is 6.98. The monoisotopic (exact) mass is 398 g/mol. The molecule has 0 aliphatic carbocycles. The molecule has 146 valence electrons. The van der Waals surface area contributed by atoms with Gasteiger partial charge in [-0.05, 0) is 44.4 Å². The number of carbonyl (C=O) groups is 1. The van der Waals surface area contributed by atoms with E-state index in [1.54, 1.807) is 25.3 Å². The average molecular weight is 399 g/mol. The average Bonchev–Trinajstić information content (AvgIpc) is 3.18. The maximum atomic E-state index is 12.6. The molecule has 5 nitrogen and oxygen atoms in total. The molecule has 0 saturated heterocycles. The van der Waals surface area contributed by atoms with Gasteiger partial charge in [-0.1, -0.05) is 41.9 Å². The number of carbonyl (C=O) groups excluding carboxylic acids is 1. The van der Waals surface area contributed by atoms with Crippen molar-refractivity contribution in [3.05, 3.63) is 77.0 Å². The Hall–Kier alpha value is -2.76. The summed E-state index contributed by atoms with van der Waals surface area (Å²) in [5.74, 6) is 1.31. The molecule has 0 aliphatic rings. The van der Waals surface area contributed by atoms with Crippen LogP contribution in [0.25, 0.3) is 11.3 Å². The first kappa shape index (κ1) is 20.0. The van der Waals surface area contributed by atoms with Gasteiger partial charge in [-0.25, -0.2) is 0 Å². The number of furan rings is 1. The van der Waals surface area contributed by atoms with E-state index >= 15 is 0 Å². The largest absolute Gasteiger partial charge is 0.496 e. The highest BCUT2D eigenvalue weighted by atomic mass is 35.5. The summed E-state index contributed by atoms with van der Waals surface area (Å²) in [6.07, 6.45) is 0. The normalized spacial score (nSPS) is 12.0. The van der Waals surface area contributed by atoms with Gasteiger partial charge in [0.05, 0.1) is 18.2 Å². The fourth-order valence-corrected chi connectivity index (χ4v) is 3.28. The van der Waals surface area contributed by atoms with Gasteiger partial charge < -0.3 is 19.4 Å². The van der Waals surface area contributed by atoms with Gasteiger partial charge in [-0.2, -0.15) is 0 Å². The van der Waals surface area contributed by atoms with E-state index in [1.807, 2.05) is 61.5 Å². The van der Waals surface area contributed by atoms with E-state index in [0.717, 1.165) is 16.9 Å². The van der Waals surface area contributed by atoms with E-state index in [-0.39, 0.29) is 17.7 Å². The molecule has 1 amide bonds. The minimum Gasteiger partial charge on any atom is -0.496 e. The molecule has 0 radical (unpaired) electrons. The summed E-state index contributed by atoms with van der Waals surface area (Å²) in [5, 5.41) is 3.52. The summed E-state index contributed by atoms with van der Waals surface area (Å²) in [4.78, 5) is 14.6. The molecule has 3 aromatic rings. The molecule has 0 saturated carbocycles. The van der Waals surface area contributed by atoms with Crippen molar-refractivity contribution in [3.63, 3.8) is 0 Å². The number of nitrogens with one attached hydrogen (secondary N) is 1. The first-order chi connectivity index (χ1) is 13.5. The van der Waals surface area contributed by atoms with Crippen molar-refractivity contribution in [2.45, 2.75) is 6.04 Å². The van der Waals surface area contributed by atoms with E-state index in [0.29, 0.717) is 17.3 Å². The van der Waals surface area contributed by atoms with Gasteiger partial charge in [0, 0.05) is 17.7 Å². The van der Waals surface area contributed by atoms with Crippen LogP contribution in [0, 0.1) is 0 Å². The first-order valence-electron chi connectivity index (χ1n) is 8.93. The molecule has 6 heteroatoms. The molecule has 0 fully saturated rings. The highest BCUT2D eigenvalue weighted by Crippen LogP contribution is 2.30. The van der Waals surface area contributed by atoms with Gasteiger partial charge in [0.2, 0.25) is 0 Å². The molecule has 1 aromatic heterocycles. The quantitative estimate of drug-likeness (QED) is 0.629. The summed E-state index contributed by atoms with van der Waals surface area (Å²) in [7, 11) is 5.57. The van der Waals surface area contributed by atoms with Crippen molar-refractivity contribution in [2.75, 3.05) is 27.7 Å². The van der Waals surface area contributed by atoms with Crippen molar-refractivity contribution >= 4 is 17.5 Å². The zero-order chi connectivity index (χ0) is 20.1. The number of likely N-dealkylation sites (N-methyl/N-ethyl adjacent to an activating group) is 1. The Morgan fingerprint density at radius 1 is 1.11 bits per heavy atom. The fourth-order valence-electron chi connectivity index (χ4n) is 3.05. The molecular weight excluding hydrogens is 376 g/mol. The van der Waals surface area contributed by atoms with Crippen LogP contribution < -0.4 is 10.1 Å². The third-order valence-corrected chi connectivity index (χ3v) is 4.88. The van der Waals surface area contributed by atoms with E-state index in [4.69, 9.17) is 20.8 Å². The van der Waals surface area contributed by atoms with Crippen molar-refractivity contribution < 1.29 is 13.9 Å². The number of benzene rings is 2. The predicted molar refractivity (Wildman–Crippen MR) is 111 cm³/mol. The molecule has 1 heterocycles. The van der Waals surface area contributed by atoms with E-state index in [1.165, 1.54) is 0 Å². The zero-order valence-electron chi connectivity index (χ0n) is 16.1. The number of halogens is 1. The van der Waals surface area contributed by atoms with Crippen LogP contribution in [-0.2, 0) is 0 Å². The van der Waals surface area contributed by atoms with Crippen molar-refractivity contribution in [1.29, 1.82) is 0 Å². The van der Waals surface area contributed by atoms with Crippen molar-refractivity contribution in [1.82, 2.24) is 10.2 Å². The van der Waals surface area contributed by atoms with Crippen LogP contribution >= 0.6 is 11.6 Å². The Morgan fingerprint density at radius 3 is 2.54 bits per heavy atom. The van der Waals surface area contributed by atoms with E-state index < -0.39 is 0 Å². The van der Waals surface area contributed by atoms with Crippen LogP contribution in [0.4, 0.5) is 0 Å². The second-order valence-electron chi connectivity index (χ2n) is 6.58. The Balaban J connectivity index is 1.73. The highest BCUT2D eigenvalue weighted by molar-refractivity contribution is 6.33. The second kappa shape index (κ2) is 8.95. The van der Waals surface area contributed by atoms with Gasteiger partial charge in [0.25, 0.3) is 5.91 Å². The molecule has 28 heavy (non-hydrogen) atoms. The zero-order valence-corrected chi connectivity index (χ0v) is 16.9. The van der Waals surface area contributed by atoms with Gasteiger partial charge >= 0.3 is 0 Å². The van der Waals surface area contributed by atoms with Crippen LogP contribution in [0.3, 0.4) is 0 Å². The van der Waals surface area contributed by atoms with Gasteiger partial charge in [-0.15, -0.1) is 0 Å². The number of rotatable bonds is 7. The molecule has 2 aromatic carbocycles. The SMILES string of the molecule is COc1ccccc1C(CNC(=O)c1ccc(-c2ccccc2Cl)o1)N(C)C. The summed E-state index contributed by atoms with van der Waals surface area (Å²) < 4.78 is 11.2. The molecule has 3 rings (SSSR count). The van der Waals surface area contributed by atoms with E-state index in [9.17, 15) is 4.79 Å². The molecule has 1 N–H and O–H groups in total. The smallest absolute Gasteiger partial charge is 0.287 e. The predicted octanol–water partition coefficient (Wildman–Crippen LogP) is 4.64. The first-order valence-corrected chi connectivity index (χ1v) is 9.31. The molecule has 1 unspecified atom stereocenters. The lowest BCUT2D eigenvalue weighted by Crippen LogP contribution is -2.34. The van der Waals surface area contributed by atoms with Crippen LogP contribution in [-0.4, -0.2) is 38.6 Å². The fraction of sp³-hybridized carbons (Fsp3) is 0.227. The van der Waals surface area contributed by atoms with Crippen molar-refractivity contribution in [2.24, 2.45) is 0 Å². The van der Waals surface area contributed by atoms with Gasteiger partial charge in [-0.3, -0.25) is 4.79 Å². The maximum Gasteiger partial charge on any atom is 0.287 e. The Labute approximate surface area is 169 Å². The third-order valence-electron chi connectivity index (χ3n) is 4.55. The summed E-state index contributed by atoms with van der Waals surface area (Å²) in [6.45, 7) is 0.411. The van der Waals surface area contributed by atoms with Crippen LogP contribution in [0.1, 0.15) is 22.2 Å². The molecule has 1 atom stereocenters. The Kier molecular flexibility index (Phi) is 6.39. The molecule has 0 bridgehead atoms. The standard InChI is InChI=1S/C22H23ClN2O3/c1-25(2)18(16-9-5-7-11-19(16)27-3)14-24-22(26)21-13-12-20(28-21)15-8-4-6-10-17(15)23/h4-13,18H,14H2,1-3H3,(H,24,26). The molecular formula is C22H23ClN2O3. The van der Waals surface area contributed by atoms with Crippen molar-refractivity contribution in [3.8, 4) is 17.1 Å². The maximum absolute atomic E-state index is 12.6. The number of nitrogens with zero attached hydrogens (tertiary/aromatic N) is 1. The summed E-state index contributed by atoms with van der Waals surface area (Å²) in [6, 6.07) is 18.5. The summed E-state index contributed by atoms with van der Waals surface area (Å²) in [5.41, 5.74) is 1.76. The number of amides is 1. The van der Waals surface area contributed by atoms with E-state index in [2.05, 4.69) is 5.32 Å². The lowest BCUT2D eigenvalue weighted by molar-refractivity contribution is 0.0914. The Morgan fingerprint density at radius 2 is 1.82 bits per heavy atom. The molecule has 0 aliphatic heterocycles.